The van der Waals surface area contributed by atoms with Gasteiger partial charge in [-0.05, 0) is 33.8 Å². The Morgan fingerprint density at radius 2 is 2.07 bits per heavy atom. The van der Waals surface area contributed by atoms with Crippen molar-refractivity contribution in [2.45, 2.75) is 45.9 Å². The first-order valence-electron chi connectivity index (χ1n) is 9.33. The molecule has 0 aliphatic carbocycles. The number of nitrogens with one attached hydrogen (secondary N) is 2. The highest BCUT2D eigenvalue weighted by atomic mass is 127. The zero-order valence-electron chi connectivity index (χ0n) is 17.7. The minimum absolute atomic E-state index is 0. The zero-order valence-corrected chi connectivity index (χ0v) is 20.0. The summed E-state index contributed by atoms with van der Waals surface area (Å²) in [4.78, 5) is 24.8. The van der Waals surface area contributed by atoms with E-state index < -0.39 is 5.60 Å². The minimum atomic E-state index is -0.472. The molecule has 0 spiro atoms. The van der Waals surface area contributed by atoms with Crippen LogP contribution in [0.1, 0.15) is 33.3 Å². The molecular weight excluding hydrogens is 471 g/mol. The van der Waals surface area contributed by atoms with Gasteiger partial charge in [0.15, 0.2) is 5.96 Å². The standard InChI is InChI=1S/C19H32N6O2.HI/c1-7-20-17(22-11-14-9-8-10-21-16(14)24(5)6)23-15-12-25(13-15)18(26)27-19(2,3)4;/h8-10,15H,7,11-13H2,1-6H3,(H2,20,22,23);1H. The summed E-state index contributed by atoms with van der Waals surface area (Å²) in [5, 5.41) is 6.63. The summed E-state index contributed by atoms with van der Waals surface area (Å²) in [6.07, 6.45) is 1.51. The third-order valence-corrected chi connectivity index (χ3v) is 3.92. The topological polar surface area (TPSA) is 82.1 Å². The predicted molar refractivity (Wildman–Crippen MR) is 124 cm³/mol. The molecule has 2 N–H and O–H groups in total. The van der Waals surface area contributed by atoms with Crippen molar-refractivity contribution in [3.63, 3.8) is 0 Å². The van der Waals surface area contributed by atoms with Gasteiger partial charge in [0.05, 0.1) is 12.6 Å². The molecule has 1 aliphatic rings. The van der Waals surface area contributed by atoms with E-state index in [2.05, 4.69) is 20.6 Å². The fourth-order valence-electron chi connectivity index (χ4n) is 2.68. The van der Waals surface area contributed by atoms with E-state index in [9.17, 15) is 4.79 Å². The van der Waals surface area contributed by atoms with Gasteiger partial charge >= 0.3 is 6.09 Å². The molecule has 1 amide bonds. The number of hydrogen-bond donors (Lipinski definition) is 2. The number of ether oxygens (including phenoxy) is 1. The van der Waals surface area contributed by atoms with Gasteiger partial charge in [0.1, 0.15) is 11.4 Å². The number of pyridine rings is 1. The van der Waals surface area contributed by atoms with Gasteiger partial charge in [0.25, 0.3) is 0 Å². The number of aliphatic imine (C=N–C) groups is 1. The van der Waals surface area contributed by atoms with Crippen LogP contribution in [0.3, 0.4) is 0 Å². The van der Waals surface area contributed by atoms with Crippen molar-refractivity contribution in [2.75, 3.05) is 38.6 Å². The van der Waals surface area contributed by atoms with Crippen LogP contribution >= 0.6 is 24.0 Å². The first-order valence-corrected chi connectivity index (χ1v) is 9.33. The van der Waals surface area contributed by atoms with Crippen molar-refractivity contribution < 1.29 is 9.53 Å². The number of rotatable bonds is 5. The number of carbonyl (C=O) groups excluding carboxylic acids is 1. The minimum Gasteiger partial charge on any atom is -0.444 e. The van der Waals surface area contributed by atoms with Crippen LogP contribution in [0.4, 0.5) is 10.6 Å². The number of aromatic nitrogens is 1. The maximum absolute atomic E-state index is 12.0. The Bertz CT molecular complexity index is 669. The van der Waals surface area contributed by atoms with Crippen molar-refractivity contribution in [1.82, 2.24) is 20.5 Å². The van der Waals surface area contributed by atoms with Crippen LogP contribution < -0.4 is 15.5 Å². The number of anilines is 1. The Labute approximate surface area is 185 Å². The molecule has 28 heavy (non-hydrogen) atoms. The van der Waals surface area contributed by atoms with Gasteiger partial charge in [-0.3, -0.25) is 0 Å². The Morgan fingerprint density at radius 3 is 2.64 bits per heavy atom. The molecule has 2 heterocycles. The Balaban J connectivity index is 0.00000392. The molecule has 0 radical (unpaired) electrons. The highest BCUT2D eigenvalue weighted by molar-refractivity contribution is 14.0. The molecule has 0 unspecified atom stereocenters. The maximum Gasteiger partial charge on any atom is 0.410 e. The van der Waals surface area contributed by atoms with Crippen LogP contribution in [0.15, 0.2) is 23.3 Å². The quantitative estimate of drug-likeness (QED) is 0.364. The number of carbonyl (C=O) groups is 1. The zero-order chi connectivity index (χ0) is 20.0. The van der Waals surface area contributed by atoms with E-state index in [0.717, 1.165) is 23.9 Å². The summed E-state index contributed by atoms with van der Waals surface area (Å²) in [6.45, 7) is 10.1. The SMILES string of the molecule is CCNC(=NCc1cccnc1N(C)C)NC1CN(C(=O)OC(C)(C)C)C1.I. The Kier molecular flexibility index (Phi) is 9.25. The Morgan fingerprint density at radius 1 is 1.39 bits per heavy atom. The molecule has 2 rings (SSSR count). The predicted octanol–water partition coefficient (Wildman–Crippen LogP) is 2.44. The highest BCUT2D eigenvalue weighted by Gasteiger charge is 2.34. The summed E-state index contributed by atoms with van der Waals surface area (Å²) in [5.41, 5.74) is 0.587. The van der Waals surface area contributed by atoms with E-state index in [4.69, 9.17) is 4.74 Å². The molecule has 1 aromatic rings. The summed E-state index contributed by atoms with van der Waals surface area (Å²) < 4.78 is 5.39. The number of nitrogens with zero attached hydrogens (tertiary/aromatic N) is 4. The number of halogens is 1. The fourth-order valence-corrected chi connectivity index (χ4v) is 2.68. The lowest BCUT2D eigenvalue weighted by molar-refractivity contribution is 0.00701. The van der Waals surface area contributed by atoms with Crippen molar-refractivity contribution in [2.24, 2.45) is 4.99 Å². The normalized spacial score (nSPS) is 14.6. The summed E-state index contributed by atoms with van der Waals surface area (Å²) in [5.74, 6) is 1.65. The van der Waals surface area contributed by atoms with Gasteiger partial charge in [-0.1, -0.05) is 6.07 Å². The highest BCUT2D eigenvalue weighted by Crippen LogP contribution is 2.16. The van der Waals surface area contributed by atoms with Gasteiger partial charge in [-0.25, -0.2) is 14.8 Å². The lowest BCUT2D eigenvalue weighted by Gasteiger charge is -2.40. The lowest BCUT2D eigenvalue weighted by atomic mass is 10.1. The number of likely N-dealkylation sites (tertiary alicyclic amines) is 1. The first kappa shape index (κ1) is 24.3. The second-order valence-corrected chi connectivity index (χ2v) is 7.80. The Hall–Kier alpha value is -1.78. The molecule has 1 saturated heterocycles. The van der Waals surface area contributed by atoms with Crippen molar-refractivity contribution in [1.29, 1.82) is 0 Å². The van der Waals surface area contributed by atoms with Crippen LogP contribution in [0.25, 0.3) is 0 Å². The van der Waals surface area contributed by atoms with Crippen molar-refractivity contribution in [3.8, 4) is 0 Å². The number of amides is 1. The monoisotopic (exact) mass is 504 g/mol. The fraction of sp³-hybridized carbons (Fsp3) is 0.632. The molecule has 1 aliphatic heterocycles. The second kappa shape index (κ2) is 10.7. The summed E-state index contributed by atoms with van der Waals surface area (Å²) >= 11 is 0. The van der Waals surface area contributed by atoms with Gasteiger partial charge in [-0.2, -0.15) is 0 Å². The molecule has 9 heteroatoms. The van der Waals surface area contributed by atoms with E-state index in [0.29, 0.717) is 19.6 Å². The molecule has 1 fully saturated rings. The van der Waals surface area contributed by atoms with E-state index in [1.54, 1.807) is 11.1 Å². The first-order chi connectivity index (χ1) is 12.7. The van der Waals surface area contributed by atoms with E-state index in [-0.39, 0.29) is 36.1 Å². The van der Waals surface area contributed by atoms with Gasteiger partial charge in [0, 0.05) is 45.5 Å². The lowest BCUT2D eigenvalue weighted by Crippen LogP contribution is -2.63. The van der Waals surface area contributed by atoms with Crippen LogP contribution in [-0.4, -0.2) is 67.3 Å². The molecular formula is C19H33IN6O2. The maximum atomic E-state index is 12.0. The van der Waals surface area contributed by atoms with Crippen LogP contribution in [0, 0.1) is 0 Å². The summed E-state index contributed by atoms with van der Waals surface area (Å²) in [6, 6.07) is 4.11. The molecule has 158 valence electrons. The van der Waals surface area contributed by atoms with E-state index in [1.165, 1.54) is 0 Å². The largest absolute Gasteiger partial charge is 0.444 e. The molecule has 0 aromatic carbocycles. The average molecular weight is 504 g/mol. The molecule has 0 bridgehead atoms. The molecule has 1 aromatic heterocycles. The van der Waals surface area contributed by atoms with Gasteiger partial charge in [-0.15, -0.1) is 24.0 Å². The summed E-state index contributed by atoms with van der Waals surface area (Å²) in [7, 11) is 3.94. The molecule has 8 nitrogen and oxygen atoms in total. The van der Waals surface area contributed by atoms with Gasteiger partial charge in [0.2, 0.25) is 0 Å². The van der Waals surface area contributed by atoms with Crippen molar-refractivity contribution >= 4 is 41.8 Å². The van der Waals surface area contributed by atoms with E-state index >= 15 is 0 Å². The number of hydrogen-bond acceptors (Lipinski definition) is 5. The second-order valence-electron chi connectivity index (χ2n) is 7.80. The van der Waals surface area contributed by atoms with Crippen LogP contribution in [0.5, 0.6) is 0 Å². The van der Waals surface area contributed by atoms with Crippen LogP contribution in [0.2, 0.25) is 0 Å². The number of guanidine groups is 1. The third kappa shape index (κ3) is 7.33. The van der Waals surface area contributed by atoms with Crippen LogP contribution in [-0.2, 0) is 11.3 Å². The third-order valence-electron chi connectivity index (χ3n) is 3.92. The van der Waals surface area contributed by atoms with E-state index in [1.807, 2.05) is 58.8 Å². The van der Waals surface area contributed by atoms with Gasteiger partial charge < -0.3 is 25.2 Å². The molecule has 0 saturated carbocycles. The van der Waals surface area contributed by atoms with Crippen molar-refractivity contribution in [3.05, 3.63) is 23.9 Å². The smallest absolute Gasteiger partial charge is 0.410 e. The average Bonchev–Trinajstić information content (AvgIpc) is 2.53. The molecule has 0 atom stereocenters.